The molecule has 0 amide bonds. The molecule has 0 N–H and O–H groups in total. The molecule has 1 heterocycles. The lowest BCUT2D eigenvalue weighted by molar-refractivity contribution is -0.384. The van der Waals surface area contributed by atoms with Crippen LogP contribution < -0.4 is 0 Å². The summed E-state index contributed by atoms with van der Waals surface area (Å²) >= 11 is 6.17. The number of rotatable bonds is 5. The smallest absolute Gasteiger partial charge is 0.269 e. The minimum absolute atomic E-state index is 0.0573. The molecule has 2 aromatic rings. The fraction of sp³-hybridized carbons (Fsp3) is 0.400. The molecule has 1 atom stereocenters. The predicted octanol–water partition coefficient (Wildman–Crippen LogP) is 3.95. The molecule has 0 saturated heterocycles. The van der Waals surface area contributed by atoms with Crippen molar-refractivity contribution >= 4 is 17.3 Å². The van der Waals surface area contributed by atoms with Gasteiger partial charge < -0.3 is 0 Å². The fourth-order valence-electron chi connectivity index (χ4n) is 2.52. The summed E-state index contributed by atoms with van der Waals surface area (Å²) in [6.45, 7) is 6.65. The Morgan fingerprint density at radius 1 is 1.33 bits per heavy atom. The van der Waals surface area contributed by atoms with Crippen LogP contribution in [0.2, 0.25) is 0 Å². The van der Waals surface area contributed by atoms with Gasteiger partial charge in [-0.05, 0) is 32.8 Å². The van der Waals surface area contributed by atoms with Crippen LogP contribution >= 0.6 is 11.6 Å². The average molecular weight is 308 g/mol. The molecule has 5 nitrogen and oxygen atoms in total. The molecular weight excluding hydrogens is 290 g/mol. The Balaban J connectivity index is 2.10. The maximum atomic E-state index is 10.6. The van der Waals surface area contributed by atoms with Gasteiger partial charge in [-0.3, -0.25) is 14.8 Å². The molecular formula is C15H18ClN3O2. The van der Waals surface area contributed by atoms with Crippen LogP contribution in [0.1, 0.15) is 34.8 Å². The SMILES string of the molecule is Cc1nn(CCc2ccc([N+](=O)[O-])cc2)c(C)c1C(C)Cl. The first kappa shape index (κ1) is 15.5. The third-order valence-electron chi connectivity index (χ3n) is 3.59. The highest BCUT2D eigenvalue weighted by molar-refractivity contribution is 6.20. The second-order valence-corrected chi connectivity index (χ2v) is 5.75. The van der Waals surface area contributed by atoms with Gasteiger partial charge in [0.1, 0.15) is 0 Å². The standard InChI is InChI=1S/C15H18ClN3O2/c1-10(16)15-11(2)17-18(12(15)3)9-8-13-4-6-14(7-5-13)19(20)21/h4-7,10H,8-9H2,1-3H3. The summed E-state index contributed by atoms with van der Waals surface area (Å²) in [7, 11) is 0. The summed E-state index contributed by atoms with van der Waals surface area (Å²) in [5.41, 5.74) is 4.28. The topological polar surface area (TPSA) is 61.0 Å². The van der Waals surface area contributed by atoms with Gasteiger partial charge in [-0.2, -0.15) is 5.10 Å². The Kier molecular flexibility index (Phi) is 4.63. The van der Waals surface area contributed by atoms with Gasteiger partial charge in [0.25, 0.3) is 5.69 Å². The van der Waals surface area contributed by atoms with Crippen LogP contribution in [0.25, 0.3) is 0 Å². The predicted molar refractivity (Wildman–Crippen MR) is 82.8 cm³/mol. The van der Waals surface area contributed by atoms with E-state index in [9.17, 15) is 10.1 Å². The van der Waals surface area contributed by atoms with Gasteiger partial charge in [-0.1, -0.05) is 12.1 Å². The number of aromatic nitrogens is 2. The van der Waals surface area contributed by atoms with Crippen molar-refractivity contribution in [2.24, 2.45) is 0 Å². The number of halogens is 1. The molecule has 0 saturated carbocycles. The van der Waals surface area contributed by atoms with E-state index in [1.807, 2.05) is 25.5 Å². The zero-order valence-electron chi connectivity index (χ0n) is 12.3. The van der Waals surface area contributed by atoms with E-state index in [4.69, 9.17) is 11.6 Å². The summed E-state index contributed by atoms with van der Waals surface area (Å²) < 4.78 is 1.95. The van der Waals surface area contributed by atoms with Crippen molar-refractivity contribution < 1.29 is 4.92 Å². The van der Waals surface area contributed by atoms with E-state index >= 15 is 0 Å². The van der Waals surface area contributed by atoms with Gasteiger partial charge in [0.2, 0.25) is 0 Å². The second kappa shape index (κ2) is 6.26. The van der Waals surface area contributed by atoms with E-state index in [1.165, 1.54) is 12.1 Å². The molecule has 0 bridgehead atoms. The third kappa shape index (κ3) is 3.42. The number of nitrogens with zero attached hydrogens (tertiary/aromatic N) is 3. The number of nitro benzene ring substituents is 1. The van der Waals surface area contributed by atoms with E-state index in [1.54, 1.807) is 12.1 Å². The van der Waals surface area contributed by atoms with Crippen LogP contribution in [0.4, 0.5) is 5.69 Å². The number of nitro groups is 1. The Morgan fingerprint density at radius 2 is 1.95 bits per heavy atom. The number of hydrogen-bond acceptors (Lipinski definition) is 3. The molecule has 1 aromatic carbocycles. The average Bonchev–Trinajstić information content (AvgIpc) is 2.71. The van der Waals surface area contributed by atoms with Crippen molar-refractivity contribution in [3.05, 3.63) is 56.9 Å². The molecule has 2 rings (SSSR count). The van der Waals surface area contributed by atoms with Gasteiger partial charge in [0, 0.05) is 29.9 Å². The largest absolute Gasteiger partial charge is 0.269 e. The van der Waals surface area contributed by atoms with Crippen molar-refractivity contribution in [2.75, 3.05) is 0 Å². The molecule has 6 heteroatoms. The van der Waals surface area contributed by atoms with Gasteiger partial charge in [0.05, 0.1) is 16.0 Å². The molecule has 0 spiro atoms. The minimum Gasteiger partial charge on any atom is -0.269 e. The normalized spacial score (nSPS) is 12.4. The first-order valence-electron chi connectivity index (χ1n) is 6.81. The van der Waals surface area contributed by atoms with Crippen LogP contribution in [-0.2, 0) is 13.0 Å². The Labute approximate surface area is 128 Å². The lowest BCUT2D eigenvalue weighted by Gasteiger charge is -2.07. The van der Waals surface area contributed by atoms with Crippen LogP contribution in [0.3, 0.4) is 0 Å². The van der Waals surface area contributed by atoms with E-state index in [0.717, 1.165) is 35.5 Å². The summed E-state index contributed by atoms with van der Waals surface area (Å²) in [5.74, 6) is 0. The highest BCUT2D eigenvalue weighted by Crippen LogP contribution is 2.26. The number of aryl methyl sites for hydroxylation is 3. The third-order valence-corrected chi connectivity index (χ3v) is 3.81. The van der Waals surface area contributed by atoms with Crippen molar-refractivity contribution in [1.82, 2.24) is 9.78 Å². The number of hydrogen-bond donors (Lipinski definition) is 0. The molecule has 112 valence electrons. The molecule has 0 radical (unpaired) electrons. The van der Waals surface area contributed by atoms with Gasteiger partial charge in [-0.25, -0.2) is 0 Å². The quantitative estimate of drug-likeness (QED) is 0.477. The van der Waals surface area contributed by atoms with E-state index < -0.39 is 0 Å². The summed E-state index contributed by atoms with van der Waals surface area (Å²) in [6.07, 6.45) is 0.774. The first-order chi connectivity index (χ1) is 9.90. The summed E-state index contributed by atoms with van der Waals surface area (Å²) in [5, 5.41) is 15.1. The molecule has 1 unspecified atom stereocenters. The molecule has 0 aliphatic carbocycles. The number of non-ortho nitro benzene ring substituents is 1. The lowest BCUT2D eigenvalue weighted by atomic mass is 10.1. The van der Waals surface area contributed by atoms with Gasteiger partial charge >= 0.3 is 0 Å². The number of benzene rings is 1. The summed E-state index contributed by atoms with van der Waals surface area (Å²) in [4.78, 5) is 10.2. The van der Waals surface area contributed by atoms with E-state index in [0.29, 0.717) is 0 Å². The lowest BCUT2D eigenvalue weighted by Crippen LogP contribution is -2.06. The van der Waals surface area contributed by atoms with Crippen LogP contribution in [0.15, 0.2) is 24.3 Å². The zero-order chi connectivity index (χ0) is 15.6. The van der Waals surface area contributed by atoms with Crippen molar-refractivity contribution in [2.45, 2.75) is 39.1 Å². The molecule has 0 aliphatic rings. The molecule has 0 fully saturated rings. The van der Waals surface area contributed by atoms with Crippen LogP contribution in [0.5, 0.6) is 0 Å². The van der Waals surface area contributed by atoms with Crippen molar-refractivity contribution in [3.63, 3.8) is 0 Å². The highest BCUT2D eigenvalue weighted by atomic mass is 35.5. The van der Waals surface area contributed by atoms with Crippen LogP contribution in [0, 0.1) is 24.0 Å². The molecule has 0 aliphatic heterocycles. The molecule has 21 heavy (non-hydrogen) atoms. The zero-order valence-corrected chi connectivity index (χ0v) is 13.1. The monoisotopic (exact) mass is 307 g/mol. The van der Waals surface area contributed by atoms with Gasteiger partial charge in [-0.15, -0.1) is 11.6 Å². The molecule has 1 aromatic heterocycles. The van der Waals surface area contributed by atoms with Gasteiger partial charge in [0.15, 0.2) is 0 Å². The van der Waals surface area contributed by atoms with Crippen molar-refractivity contribution in [3.8, 4) is 0 Å². The maximum absolute atomic E-state index is 10.6. The second-order valence-electron chi connectivity index (χ2n) is 5.10. The van der Waals surface area contributed by atoms with Crippen LogP contribution in [-0.4, -0.2) is 14.7 Å². The first-order valence-corrected chi connectivity index (χ1v) is 7.25. The minimum atomic E-state index is -0.390. The Hall–Kier alpha value is -1.88. The maximum Gasteiger partial charge on any atom is 0.269 e. The van der Waals surface area contributed by atoms with E-state index in [2.05, 4.69) is 5.10 Å². The van der Waals surface area contributed by atoms with E-state index in [-0.39, 0.29) is 16.0 Å². The fourth-order valence-corrected chi connectivity index (χ4v) is 2.84. The van der Waals surface area contributed by atoms with Crippen molar-refractivity contribution in [1.29, 1.82) is 0 Å². The highest BCUT2D eigenvalue weighted by Gasteiger charge is 2.15. The number of alkyl halides is 1. The Bertz CT molecular complexity index is 648. The Morgan fingerprint density at radius 3 is 2.43 bits per heavy atom. The summed E-state index contributed by atoms with van der Waals surface area (Å²) in [6, 6.07) is 6.63.